The Balaban J connectivity index is 2.17. The van der Waals surface area contributed by atoms with Gasteiger partial charge in [0, 0.05) is 13.0 Å². The molecule has 0 aromatic carbocycles. The van der Waals surface area contributed by atoms with Crippen molar-refractivity contribution in [2.45, 2.75) is 44.1 Å². The lowest BCUT2D eigenvalue weighted by Gasteiger charge is -2.28. The van der Waals surface area contributed by atoms with E-state index in [2.05, 4.69) is 4.90 Å². The molecular formula is C11H23N3O. The van der Waals surface area contributed by atoms with Gasteiger partial charge >= 0.3 is 0 Å². The molecule has 0 heterocycles. The van der Waals surface area contributed by atoms with Gasteiger partial charge in [-0.1, -0.05) is 12.8 Å². The Bertz CT molecular complexity index is 212. The van der Waals surface area contributed by atoms with Crippen LogP contribution in [0.4, 0.5) is 0 Å². The maximum Gasteiger partial charge on any atom is 0.0905 e. The van der Waals surface area contributed by atoms with Crippen molar-refractivity contribution in [3.05, 3.63) is 0 Å². The third-order valence-corrected chi connectivity index (χ3v) is 3.08. The number of likely N-dealkylation sites (N-methyl/N-ethyl adjacent to an activating group) is 1. The van der Waals surface area contributed by atoms with Gasteiger partial charge in [0.2, 0.25) is 0 Å². The zero-order valence-corrected chi connectivity index (χ0v) is 9.63. The van der Waals surface area contributed by atoms with Crippen LogP contribution in [0.3, 0.4) is 0 Å². The van der Waals surface area contributed by atoms with E-state index in [1.807, 2.05) is 7.05 Å². The lowest BCUT2D eigenvalue weighted by molar-refractivity contribution is 0.0163. The molecule has 1 aliphatic rings. The zero-order chi connectivity index (χ0) is 11.3. The Morgan fingerprint density at radius 1 is 1.47 bits per heavy atom. The van der Waals surface area contributed by atoms with Crippen LogP contribution < -0.4 is 5.73 Å². The van der Waals surface area contributed by atoms with E-state index in [-0.39, 0.29) is 5.84 Å². The lowest BCUT2D eigenvalue weighted by atomic mass is 10.0. The predicted octanol–water partition coefficient (Wildman–Crippen LogP) is 0.939. The quantitative estimate of drug-likeness (QED) is 0.454. The summed E-state index contributed by atoms with van der Waals surface area (Å²) < 4.78 is 0. The fourth-order valence-corrected chi connectivity index (χ4v) is 2.31. The molecule has 1 rings (SSSR count). The van der Waals surface area contributed by atoms with Gasteiger partial charge in [0.05, 0.1) is 11.4 Å². The molecule has 0 saturated heterocycles. The van der Waals surface area contributed by atoms with Crippen LogP contribution in [-0.2, 0) is 0 Å². The number of hydrogen-bond acceptors (Lipinski definition) is 3. The van der Waals surface area contributed by atoms with Crippen LogP contribution in [-0.4, -0.2) is 41.6 Å². The Morgan fingerprint density at radius 3 is 2.60 bits per heavy atom. The van der Waals surface area contributed by atoms with Crippen LogP contribution in [0.2, 0.25) is 0 Å². The van der Waals surface area contributed by atoms with Crippen molar-refractivity contribution >= 4 is 5.84 Å². The third kappa shape index (κ3) is 4.62. The van der Waals surface area contributed by atoms with Crippen molar-refractivity contribution in [3.8, 4) is 0 Å². The van der Waals surface area contributed by atoms with Gasteiger partial charge in [0.15, 0.2) is 0 Å². The van der Waals surface area contributed by atoms with Gasteiger partial charge in [-0.2, -0.15) is 0 Å². The van der Waals surface area contributed by atoms with E-state index in [0.29, 0.717) is 6.42 Å². The Hall–Kier alpha value is -0.610. The first-order chi connectivity index (χ1) is 7.02. The second kappa shape index (κ2) is 5.47. The minimum Gasteiger partial charge on any atom is -0.389 e. The van der Waals surface area contributed by atoms with E-state index in [1.54, 1.807) is 0 Å². The molecule has 4 heteroatoms. The molecule has 4 nitrogen and oxygen atoms in total. The topological polar surface area (TPSA) is 73.3 Å². The first-order valence-electron chi connectivity index (χ1n) is 5.76. The molecule has 0 aromatic heterocycles. The summed E-state index contributed by atoms with van der Waals surface area (Å²) in [5.74, 6) is 0.253. The van der Waals surface area contributed by atoms with Gasteiger partial charge in [-0.15, -0.1) is 0 Å². The van der Waals surface area contributed by atoms with Crippen molar-refractivity contribution in [1.82, 2.24) is 4.90 Å². The van der Waals surface area contributed by atoms with E-state index in [9.17, 15) is 5.11 Å². The summed E-state index contributed by atoms with van der Waals surface area (Å²) in [4.78, 5) is 2.15. The summed E-state index contributed by atoms with van der Waals surface area (Å²) >= 11 is 0. The summed E-state index contributed by atoms with van der Waals surface area (Å²) in [6, 6.07) is 0. The van der Waals surface area contributed by atoms with Crippen LogP contribution in [0.25, 0.3) is 0 Å². The number of nitrogens with two attached hydrogens (primary N) is 1. The molecule has 1 saturated carbocycles. The molecule has 0 spiro atoms. The van der Waals surface area contributed by atoms with Gasteiger partial charge in [0.1, 0.15) is 0 Å². The summed E-state index contributed by atoms with van der Waals surface area (Å²) in [7, 11) is 2.02. The molecule has 0 aliphatic heterocycles. The summed E-state index contributed by atoms with van der Waals surface area (Å²) in [5.41, 5.74) is 4.83. The van der Waals surface area contributed by atoms with Gasteiger partial charge in [-0.3, -0.25) is 5.41 Å². The van der Waals surface area contributed by atoms with E-state index < -0.39 is 5.60 Å². The molecular weight excluding hydrogens is 190 g/mol. The second-order valence-corrected chi connectivity index (χ2v) is 4.80. The van der Waals surface area contributed by atoms with Gasteiger partial charge < -0.3 is 15.7 Å². The highest BCUT2D eigenvalue weighted by Crippen LogP contribution is 2.29. The second-order valence-electron chi connectivity index (χ2n) is 4.80. The highest BCUT2D eigenvalue weighted by molar-refractivity contribution is 5.76. The first kappa shape index (κ1) is 12.5. The molecule has 0 atom stereocenters. The van der Waals surface area contributed by atoms with Crippen LogP contribution in [0, 0.1) is 5.41 Å². The van der Waals surface area contributed by atoms with E-state index in [0.717, 1.165) is 45.2 Å². The number of hydrogen-bond donors (Lipinski definition) is 3. The van der Waals surface area contributed by atoms with Gasteiger partial charge in [-0.05, 0) is 32.9 Å². The molecule has 0 radical (unpaired) electrons. The number of rotatable bonds is 6. The fourth-order valence-electron chi connectivity index (χ4n) is 2.31. The average molecular weight is 213 g/mol. The highest BCUT2D eigenvalue weighted by atomic mass is 16.3. The third-order valence-electron chi connectivity index (χ3n) is 3.08. The summed E-state index contributed by atoms with van der Waals surface area (Å²) in [5, 5.41) is 17.3. The van der Waals surface area contributed by atoms with Crippen molar-refractivity contribution in [2.24, 2.45) is 5.73 Å². The molecule has 0 amide bonds. The van der Waals surface area contributed by atoms with Crippen LogP contribution in [0.15, 0.2) is 0 Å². The molecule has 0 unspecified atom stereocenters. The van der Waals surface area contributed by atoms with Gasteiger partial charge in [-0.25, -0.2) is 0 Å². The molecule has 88 valence electrons. The van der Waals surface area contributed by atoms with Crippen LogP contribution in [0.5, 0.6) is 0 Å². The van der Waals surface area contributed by atoms with E-state index in [4.69, 9.17) is 11.1 Å². The van der Waals surface area contributed by atoms with Crippen LogP contribution >= 0.6 is 0 Å². The number of nitrogens with zero attached hydrogens (tertiary/aromatic N) is 1. The van der Waals surface area contributed by atoms with E-state index >= 15 is 0 Å². The zero-order valence-electron chi connectivity index (χ0n) is 9.63. The summed E-state index contributed by atoms with van der Waals surface area (Å²) in [6.07, 6.45) is 5.73. The maximum absolute atomic E-state index is 10.2. The SMILES string of the molecule is CN(CCCC(=N)N)CC1(O)CCCC1. The predicted molar refractivity (Wildman–Crippen MR) is 62.1 cm³/mol. The monoisotopic (exact) mass is 213 g/mol. The Morgan fingerprint density at radius 2 is 2.07 bits per heavy atom. The largest absolute Gasteiger partial charge is 0.389 e. The average Bonchev–Trinajstić information content (AvgIpc) is 2.50. The van der Waals surface area contributed by atoms with Crippen molar-refractivity contribution < 1.29 is 5.11 Å². The molecule has 0 aromatic rings. The van der Waals surface area contributed by atoms with Crippen molar-refractivity contribution in [1.29, 1.82) is 5.41 Å². The molecule has 4 N–H and O–H groups in total. The molecule has 0 bridgehead atoms. The maximum atomic E-state index is 10.2. The Labute approximate surface area is 92.0 Å². The molecule has 1 aliphatic carbocycles. The van der Waals surface area contributed by atoms with Gasteiger partial charge in [0.25, 0.3) is 0 Å². The molecule has 15 heavy (non-hydrogen) atoms. The van der Waals surface area contributed by atoms with E-state index in [1.165, 1.54) is 0 Å². The van der Waals surface area contributed by atoms with Crippen molar-refractivity contribution in [3.63, 3.8) is 0 Å². The first-order valence-corrected chi connectivity index (χ1v) is 5.76. The fraction of sp³-hybridized carbons (Fsp3) is 0.909. The normalized spacial score (nSPS) is 19.7. The minimum absolute atomic E-state index is 0.253. The number of amidine groups is 1. The smallest absolute Gasteiger partial charge is 0.0905 e. The standard InChI is InChI=1S/C11H23N3O/c1-14(8-4-5-10(12)13)9-11(15)6-2-3-7-11/h15H,2-9H2,1H3,(H3,12,13). The van der Waals surface area contributed by atoms with Crippen molar-refractivity contribution in [2.75, 3.05) is 20.1 Å². The highest BCUT2D eigenvalue weighted by Gasteiger charge is 2.31. The molecule has 1 fully saturated rings. The minimum atomic E-state index is -0.453. The number of nitrogens with one attached hydrogen (secondary N) is 1. The number of aliphatic hydroxyl groups is 1. The lowest BCUT2D eigenvalue weighted by Crippen LogP contribution is -2.39. The van der Waals surface area contributed by atoms with Crippen LogP contribution in [0.1, 0.15) is 38.5 Å². The summed E-state index contributed by atoms with van der Waals surface area (Å²) in [6.45, 7) is 1.66. The Kier molecular flexibility index (Phi) is 4.54.